The SMILES string of the molecule is COc1ccc(SCCCn2c(=O)[nH]c3ccccc32)c(Cl)c1. The van der Waals surface area contributed by atoms with E-state index >= 15 is 0 Å². The van der Waals surface area contributed by atoms with Crippen LogP contribution in [0.3, 0.4) is 0 Å². The van der Waals surface area contributed by atoms with Crippen molar-refractivity contribution in [3.05, 3.63) is 58.0 Å². The first-order valence-electron chi connectivity index (χ1n) is 7.33. The van der Waals surface area contributed by atoms with E-state index in [4.69, 9.17) is 16.3 Å². The van der Waals surface area contributed by atoms with Crippen LogP contribution in [0, 0.1) is 0 Å². The lowest BCUT2D eigenvalue weighted by Crippen LogP contribution is -2.17. The summed E-state index contributed by atoms with van der Waals surface area (Å²) in [6.45, 7) is 0.684. The van der Waals surface area contributed by atoms with Crippen molar-refractivity contribution < 1.29 is 4.74 Å². The number of fused-ring (bicyclic) bond motifs is 1. The second-order valence-corrected chi connectivity index (χ2v) is 6.64. The van der Waals surface area contributed by atoms with Gasteiger partial charge in [0.2, 0.25) is 0 Å². The number of para-hydroxylation sites is 2. The Morgan fingerprint density at radius 3 is 2.87 bits per heavy atom. The number of halogens is 1. The molecule has 0 saturated heterocycles. The van der Waals surface area contributed by atoms with Crippen molar-refractivity contribution in [1.29, 1.82) is 0 Å². The number of imidazole rings is 1. The zero-order valence-electron chi connectivity index (χ0n) is 12.7. The molecular weight excluding hydrogens is 332 g/mol. The molecule has 0 saturated carbocycles. The van der Waals surface area contributed by atoms with Gasteiger partial charge < -0.3 is 9.72 Å². The molecule has 0 fully saturated rings. The van der Waals surface area contributed by atoms with Gasteiger partial charge in [0.05, 0.1) is 23.2 Å². The number of nitrogens with zero attached hydrogens (tertiary/aromatic N) is 1. The Balaban J connectivity index is 1.61. The summed E-state index contributed by atoms with van der Waals surface area (Å²) in [6.07, 6.45) is 0.884. The molecule has 0 unspecified atom stereocenters. The van der Waals surface area contributed by atoms with E-state index in [-0.39, 0.29) is 5.69 Å². The maximum absolute atomic E-state index is 12.0. The molecule has 0 aliphatic carbocycles. The van der Waals surface area contributed by atoms with Gasteiger partial charge in [-0.2, -0.15) is 0 Å². The van der Waals surface area contributed by atoms with Crippen LogP contribution in [0.1, 0.15) is 6.42 Å². The predicted octanol–water partition coefficient (Wildman–Crippen LogP) is 4.17. The minimum Gasteiger partial charge on any atom is -0.497 e. The average Bonchev–Trinajstić information content (AvgIpc) is 2.88. The molecule has 120 valence electrons. The van der Waals surface area contributed by atoms with E-state index < -0.39 is 0 Å². The number of thioether (sulfide) groups is 1. The van der Waals surface area contributed by atoms with Crippen LogP contribution in [0.15, 0.2) is 52.2 Å². The third kappa shape index (κ3) is 3.57. The molecule has 0 atom stereocenters. The van der Waals surface area contributed by atoms with E-state index in [9.17, 15) is 4.79 Å². The largest absolute Gasteiger partial charge is 0.497 e. The number of H-pyrrole nitrogens is 1. The molecule has 0 spiro atoms. The lowest BCUT2D eigenvalue weighted by Gasteiger charge is -2.07. The summed E-state index contributed by atoms with van der Waals surface area (Å²) in [6, 6.07) is 13.4. The molecule has 6 heteroatoms. The average molecular weight is 349 g/mol. The van der Waals surface area contributed by atoms with Crippen molar-refractivity contribution in [1.82, 2.24) is 9.55 Å². The molecule has 3 rings (SSSR count). The Morgan fingerprint density at radius 1 is 1.26 bits per heavy atom. The molecule has 0 amide bonds. The quantitative estimate of drug-likeness (QED) is 0.537. The van der Waals surface area contributed by atoms with Crippen LogP contribution in [0.25, 0.3) is 11.0 Å². The molecular formula is C17H17ClN2O2S. The Kier molecular flexibility index (Phi) is 4.98. The van der Waals surface area contributed by atoms with Crippen molar-refractivity contribution in [3.8, 4) is 5.75 Å². The number of hydrogen-bond donors (Lipinski definition) is 1. The summed E-state index contributed by atoms with van der Waals surface area (Å²) in [5, 5.41) is 0.693. The molecule has 0 bridgehead atoms. The first kappa shape index (κ1) is 16.0. The number of methoxy groups -OCH3 is 1. The number of rotatable bonds is 6. The van der Waals surface area contributed by atoms with Crippen LogP contribution in [0.4, 0.5) is 0 Å². The third-order valence-electron chi connectivity index (χ3n) is 3.60. The van der Waals surface area contributed by atoms with Crippen LogP contribution in [0.5, 0.6) is 5.75 Å². The lowest BCUT2D eigenvalue weighted by molar-refractivity contribution is 0.414. The number of aryl methyl sites for hydroxylation is 1. The van der Waals surface area contributed by atoms with Crippen LogP contribution in [-0.2, 0) is 6.54 Å². The van der Waals surface area contributed by atoms with E-state index in [0.717, 1.165) is 33.9 Å². The molecule has 2 aromatic carbocycles. The number of hydrogen-bond acceptors (Lipinski definition) is 3. The summed E-state index contributed by atoms with van der Waals surface area (Å²) < 4.78 is 6.93. The van der Waals surface area contributed by atoms with Gasteiger partial charge in [-0.15, -0.1) is 11.8 Å². The topological polar surface area (TPSA) is 47.0 Å². The van der Waals surface area contributed by atoms with Crippen LogP contribution < -0.4 is 10.4 Å². The molecule has 0 radical (unpaired) electrons. The minimum absolute atomic E-state index is 0.0568. The summed E-state index contributed by atoms with van der Waals surface area (Å²) in [5.41, 5.74) is 1.77. The second kappa shape index (κ2) is 7.15. The van der Waals surface area contributed by atoms with E-state index in [1.165, 1.54) is 0 Å². The van der Waals surface area contributed by atoms with E-state index in [2.05, 4.69) is 4.98 Å². The van der Waals surface area contributed by atoms with Gasteiger partial charge in [0.1, 0.15) is 5.75 Å². The highest BCUT2D eigenvalue weighted by atomic mass is 35.5. The number of aromatic nitrogens is 2. The summed E-state index contributed by atoms with van der Waals surface area (Å²) in [5.74, 6) is 1.64. The zero-order chi connectivity index (χ0) is 16.2. The van der Waals surface area contributed by atoms with E-state index in [0.29, 0.717) is 11.6 Å². The van der Waals surface area contributed by atoms with Crippen molar-refractivity contribution >= 4 is 34.4 Å². The lowest BCUT2D eigenvalue weighted by atomic mass is 10.3. The monoisotopic (exact) mass is 348 g/mol. The van der Waals surface area contributed by atoms with Gasteiger partial charge in [0, 0.05) is 11.4 Å². The summed E-state index contributed by atoms with van der Waals surface area (Å²) in [7, 11) is 1.62. The van der Waals surface area contributed by atoms with Gasteiger partial charge in [-0.25, -0.2) is 4.79 Å². The van der Waals surface area contributed by atoms with Crippen LogP contribution in [-0.4, -0.2) is 22.4 Å². The van der Waals surface area contributed by atoms with Crippen molar-refractivity contribution in [3.63, 3.8) is 0 Å². The molecule has 3 aromatic rings. The Bertz CT molecular complexity index is 872. The number of aromatic amines is 1. The molecule has 1 aromatic heterocycles. The highest BCUT2D eigenvalue weighted by Crippen LogP contribution is 2.30. The number of benzene rings is 2. The van der Waals surface area contributed by atoms with Crippen molar-refractivity contribution in [2.45, 2.75) is 17.9 Å². The Hall–Kier alpha value is -1.85. The van der Waals surface area contributed by atoms with Gasteiger partial charge in [0.15, 0.2) is 0 Å². The molecule has 1 N–H and O–H groups in total. The highest BCUT2D eigenvalue weighted by Gasteiger charge is 2.06. The van der Waals surface area contributed by atoms with Gasteiger partial charge in [-0.05, 0) is 42.5 Å². The summed E-state index contributed by atoms with van der Waals surface area (Å²) in [4.78, 5) is 15.9. The van der Waals surface area contributed by atoms with Crippen LogP contribution in [0.2, 0.25) is 5.02 Å². The first-order chi connectivity index (χ1) is 11.2. The smallest absolute Gasteiger partial charge is 0.326 e. The predicted molar refractivity (Wildman–Crippen MR) is 95.9 cm³/mol. The van der Waals surface area contributed by atoms with Gasteiger partial charge in [0.25, 0.3) is 0 Å². The van der Waals surface area contributed by atoms with E-state index in [1.807, 2.05) is 42.5 Å². The van der Waals surface area contributed by atoms with Crippen molar-refractivity contribution in [2.75, 3.05) is 12.9 Å². The number of nitrogens with one attached hydrogen (secondary N) is 1. The maximum Gasteiger partial charge on any atom is 0.326 e. The molecule has 0 aliphatic heterocycles. The maximum atomic E-state index is 12.0. The normalized spacial score (nSPS) is 11.0. The Labute approximate surface area is 143 Å². The Morgan fingerprint density at radius 2 is 2.09 bits per heavy atom. The highest BCUT2D eigenvalue weighted by molar-refractivity contribution is 7.99. The summed E-state index contributed by atoms with van der Waals surface area (Å²) >= 11 is 7.92. The molecule has 0 aliphatic rings. The zero-order valence-corrected chi connectivity index (χ0v) is 14.3. The standard InChI is InChI=1S/C17H17ClN2O2S/c1-22-12-7-8-16(13(18)11-12)23-10-4-9-20-15-6-3-2-5-14(15)19-17(20)21/h2-3,5-8,11H,4,9-10H2,1H3,(H,19,21). The number of ether oxygens (including phenoxy) is 1. The van der Waals surface area contributed by atoms with E-state index in [1.54, 1.807) is 23.4 Å². The minimum atomic E-state index is -0.0568. The third-order valence-corrected chi connectivity index (χ3v) is 5.19. The van der Waals surface area contributed by atoms with Crippen molar-refractivity contribution in [2.24, 2.45) is 0 Å². The fourth-order valence-corrected chi connectivity index (χ4v) is 3.65. The molecule has 23 heavy (non-hydrogen) atoms. The fourth-order valence-electron chi connectivity index (χ4n) is 2.46. The second-order valence-electron chi connectivity index (χ2n) is 5.10. The van der Waals surface area contributed by atoms with Gasteiger partial charge in [-0.3, -0.25) is 4.57 Å². The first-order valence-corrected chi connectivity index (χ1v) is 8.69. The van der Waals surface area contributed by atoms with Gasteiger partial charge >= 0.3 is 5.69 Å². The molecule has 1 heterocycles. The van der Waals surface area contributed by atoms with Crippen LogP contribution >= 0.6 is 23.4 Å². The molecule has 4 nitrogen and oxygen atoms in total. The fraction of sp³-hybridized carbons (Fsp3) is 0.235. The van der Waals surface area contributed by atoms with Gasteiger partial charge in [-0.1, -0.05) is 23.7 Å².